The Labute approximate surface area is 134 Å². The Hall–Kier alpha value is -2.31. The molecule has 0 bridgehead atoms. The molecule has 2 N–H and O–H groups in total. The van der Waals surface area contributed by atoms with E-state index in [-0.39, 0.29) is 11.9 Å². The summed E-state index contributed by atoms with van der Waals surface area (Å²) in [6.07, 6.45) is -0.689. The van der Waals surface area contributed by atoms with Crippen LogP contribution in [0, 0.1) is 12.7 Å². The third-order valence-corrected chi connectivity index (χ3v) is 3.79. The Balaban J connectivity index is 1.97. The Kier molecular flexibility index (Phi) is 4.77. The predicted molar refractivity (Wildman–Crippen MR) is 82.7 cm³/mol. The smallest absolute Gasteiger partial charge is 0.414 e. The van der Waals surface area contributed by atoms with Crippen molar-refractivity contribution in [2.24, 2.45) is 5.73 Å². The molecule has 0 saturated carbocycles. The van der Waals surface area contributed by atoms with Gasteiger partial charge in [-0.15, -0.1) is 0 Å². The molecule has 23 heavy (non-hydrogen) atoms. The molecular weight excluding hydrogens is 303 g/mol. The van der Waals surface area contributed by atoms with E-state index in [4.69, 9.17) is 15.2 Å². The SMILES string of the molecule is Cc1ccc(N2C[C@@H](CCC(C)(C)OC(N)=O)OC2=O)cc1F. The lowest BCUT2D eigenvalue weighted by Crippen LogP contribution is -2.32. The van der Waals surface area contributed by atoms with Crippen LogP contribution in [0.4, 0.5) is 19.7 Å². The number of nitrogens with two attached hydrogens (primary N) is 1. The minimum Gasteiger partial charge on any atom is -0.444 e. The summed E-state index contributed by atoms with van der Waals surface area (Å²) in [5, 5.41) is 0. The number of hydrogen-bond donors (Lipinski definition) is 1. The number of ether oxygens (including phenoxy) is 2. The third-order valence-electron chi connectivity index (χ3n) is 3.79. The van der Waals surface area contributed by atoms with Gasteiger partial charge >= 0.3 is 12.2 Å². The Morgan fingerprint density at radius 1 is 1.52 bits per heavy atom. The molecule has 1 aromatic rings. The minimum atomic E-state index is -0.838. The van der Waals surface area contributed by atoms with Gasteiger partial charge in [0.2, 0.25) is 0 Å². The van der Waals surface area contributed by atoms with Crippen molar-refractivity contribution in [2.45, 2.75) is 45.3 Å². The second-order valence-corrected chi connectivity index (χ2v) is 6.27. The Morgan fingerprint density at radius 2 is 2.22 bits per heavy atom. The highest BCUT2D eigenvalue weighted by Crippen LogP contribution is 2.27. The molecule has 1 atom stereocenters. The molecule has 1 saturated heterocycles. The van der Waals surface area contributed by atoms with E-state index in [2.05, 4.69) is 0 Å². The van der Waals surface area contributed by atoms with Crippen LogP contribution < -0.4 is 10.6 Å². The first-order valence-corrected chi connectivity index (χ1v) is 7.41. The van der Waals surface area contributed by atoms with Gasteiger partial charge < -0.3 is 15.2 Å². The van der Waals surface area contributed by atoms with E-state index in [1.54, 1.807) is 32.9 Å². The molecule has 0 radical (unpaired) electrons. The molecule has 0 aromatic heterocycles. The van der Waals surface area contributed by atoms with E-state index in [0.717, 1.165) is 0 Å². The number of amides is 2. The second kappa shape index (κ2) is 6.44. The van der Waals surface area contributed by atoms with Crippen molar-refractivity contribution in [3.63, 3.8) is 0 Å². The summed E-state index contributed by atoms with van der Waals surface area (Å²) in [6.45, 7) is 5.46. The lowest BCUT2D eigenvalue weighted by molar-refractivity contribution is 0.0277. The van der Waals surface area contributed by atoms with Crippen molar-refractivity contribution in [1.29, 1.82) is 0 Å². The summed E-state index contributed by atoms with van der Waals surface area (Å²) in [4.78, 5) is 24.2. The summed E-state index contributed by atoms with van der Waals surface area (Å²) in [7, 11) is 0. The zero-order valence-corrected chi connectivity index (χ0v) is 13.5. The van der Waals surface area contributed by atoms with Crippen molar-refractivity contribution in [1.82, 2.24) is 0 Å². The Bertz CT molecular complexity index is 618. The van der Waals surface area contributed by atoms with Gasteiger partial charge in [-0.1, -0.05) is 6.07 Å². The molecule has 126 valence electrons. The van der Waals surface area contributed by atoms with Crippen molar-refractivity contribution in [2.75, 3.05) is 11.4 Å². The quantitative estimate of drug-likeness (QED) is 0.902. The average molecular weight is 324 g/mol. The summed E-state index contributed by atoms with van der Waals surface area (Å²) >= 11 is 0. The maximum absolute atomic E-state index is 13.6. The van der Waals surface area contributed by atoms with Crippen molar-refractivity contribution >= 4 is 17.9 Å². The number of aryl methyl sites for hydroxylation is 1. The first-order chi connectivity index (χ1) is 10.7. The van der Waals surface area contributed by atoms with Crippen LogP contribution in [0.2, 0.25) is 0 Å². The first-order valence-electron chi connectivity index (χ1n) is 7.41. The van der Waals surface area contributed by atoms with E-state index < -0.39 is 17.8 Å². The summed E-state index contributed by atoms with van der Waals surface area (Å²) in [5.41, 5.74) is 5.27. The lowest BCUT2D eigenvalue weighted by atomic mass is 10.00. The van der Waals surface area contributed by atoms with Gasteiger partial charge in [-0.2, -0.15) is 0 Å². The molecule has 1 aliphatic heterocycles. The van der Waals surface area contributed by atoms with E-state index in [0.29, 0.717) is 30.6 Å². The zero-order chi connectivity index (χ0) is 17.2. The number of nitrogens with zero attached hydrogens (tertiary/aromatic N) is 1. The summed E-state index contributed by atoms with van der Waals surface area (Å²) in [6, 6.07) is 4.62. The van der Waals surface area contributed by atoms with Crippen LogP contribution >= 0.6 is 0 Å². The lowest BCUT2D eigenvalue weighted by Gasteiger charge is -2.24. The van der Waals surface area contributed by atoms with Crippen LogP contribution in [0.3, 0.4) is 0 Å². The number of benzene rings is 1. The third kappa shape index (κ3) is 4.34. The van der Waals surface area contributed by atoms with Gasteiger partial charge in [0.05, 0.1) is 12.2 Å². The number of carbonyl (C=O) groups is 2. The van der Waals surface area contributed by atoms with Crippen molar-refractivity contribution in [3.8, 4) is 0 Å². The number of anilines is 1. The molecule has 2 amide bonds. The first kappa shape index (κ1) is 17.1. The molecule has 1 heterocycles. The van der Waals surface area contributed by atoms with Gasteiger partial charge in [0.15, 0.2) is 0 Å². The molecule has 7 heteroatoms. The molecule has 2 rings (SSSR count). The van der Waals surface area contributed by atoms with Gasteiger partial charge in [0.1, 0.15) is 17.5 Å². The Morgan fingerprint density at radius 3 is 2.83 bits per heavy atom. The second-order valence-electron chi connectivity index (χ2n) is 6.27. The van der Waals surface area contributed by atoms with Crippen LogP contribution in [-0.4, -0.2) is 30.4 Å². The number of halogens is 1. The largest absolute Gasteiger partial charge is 0.444 e. The fourth-order valence-electron chi connectivity index (χ4n) is 2.46. The van der Waals surface area contributed by atoms with Crippen molar-refractivity contribution < 1.29 is 23.5 Å². The van der Waals surface area contributed by atoms with E-state index in [1.165, 1.54) is 11.0 Å². The molecule has 1 aliphatic rings. The van der Waals surface area contributed by atoms with Crippen LogP contribution in [0.1, 0.15) is 32.3 Å². The average Bonchev–Trinajstić information content (AvgIpc) is 2.80. The monoisotopic (exact) mass is 324 g/mol. The minimum absolute atomic E-state index is 0.327. The molecule has 0 aliphatic carbocycles. The molecule has 1 fully saturated rings. The topological polar surface area (TPSA) is 81.9 Å². The highest BCUT2D eigenvalue weighted by molar-refractivity contribution is 5.89. The fourth-order valence-corrected chi connectivity index (χ4v) is 2.46. The van der Waals surface area contributed by atoms with E-state index >= 15 is 0 Å². The van der Waals surface area contributed by atoms with Gasteiger partial charge in [-0.3, -0.25) is 4.90 Å². The molecule has 0 spiro atoms. The number of rotatable bonds is 5. The summed E-state index contributed by atoms with van der Waals surface area (Å²) < 4.78 is 23.9. The van der Waals surface area contributed by atoms with Gasteiger partial charge in [0.25, 0.3) is 0 Å². The summed E-state index contributed by atoms with van der Waals surface area (Å²) in [5.74, 6) is -0.366. The highest BCUT2D eigenvalue weighted by atomic mass is 19.1. The number of primary amides is 1. The molecule has 0 unspecified atom stereocenters. The van der Waals surface area contributed by atoms with E-state index in [9.17, 15) is 14.0 Å². The van der Waals surface area contributed by atoms with Crippen LogP contribution in [0.25, 0.3) is 0 Å². The molecule has 6 nitrogen and oxygen atoms in total. The molecular formula is C16H21FN2O4. The number of hydrogen-bond acceptors (Lipinski definition) is 4. The fraction of sp³-hybridized carbons (Fsp3) is 0.500. The normalized spacial score (nSPS) is 18.0. The van der Waals surface area contributed by atoms with Gasteiger partial charge in [0, 0.05) is 0 Å². The maximum Gasteiger partial charge on any atom is 0.414 e. The van der Waals surface area contributed by atoms with Gasteiger partial charge in [-0.05, 0) is 51.3 Å². The zero-order valence-electron chi connectivity index (χ0n) is 13.5. The standard InChI is InChI=1S/C16H21FN2O4/c1-10-4-5-11(8-13(10)17)19-9-12(22-15(19)21)6-7-16(2,3)23-14(18)20/h4-5,8,12H,6-7,9H2,1-3H3,(H2,18,20)/t12-/m1/s1. The van der Waals surface area contributed by atoms with Crippen LogP contribution in [0.5, 0.6) is 0 Å². The maximum atomic E-state index is 13.6. The van der Waals surface area contributed by atoms with Crippen LogP contribution in [0.15, 0.2) is 18.2 Å². The van der Waals surface area contributed by atoms with E-state index in [1.807, 2.05) is 0 Å². The predicted octanol–water partition coefficient (Wildman–Crippen LogP) is 3.11. The number of carbonyl (C=O) groups excluding carboxylic acids is 2. The van der Waals surface area contributed by atoms with Crippen LogP contribution in [-0.2, 0) is 9.47 Å². The number of cyclic esters (lactones) is 1. The van der Waals surface area contributed by atoms with Crippen molar-refractivity contribution in [3.05, 3.63) is 29.6 Å². The van der Waals surface area contributed by atoms with Gasteiger partial charge in [-0.25, -0.2) is 14.0 Å². The highest BCUT2D eigenvalue weighted by Gasteiger charge is 2.34. The molecule has 1 aromatic carbocycles.